The molecule has 0 amide bonds. The maximum Gasteiger partial charge on any atom is 0.117 e. The second-order valence-electron chi connectivity index (χ2n) is 3.48. The Morgan fingerprint density at radius 3 is 2.64 bits per heavy atom. The lowest BCUT2D eigenvalue weighted by Crippen LogP contribution is -1.95. The molecule has 4 heteroatoms. The largest absolute Gasteiger partial charge is 0.395 e. The summed E-state index contributed by atoms with van der Waals surface area (Å²) in [5.74, 6) is 1.14. The van der Waals surface area contributed by atoms with E-state index < -0.39 is 0 Å². The van der Waals surface area contributed by atoms with Crippen LogP contribution in [0.1, 0.15) is 31.9 Å². The van der Waals surface area contributed by atoms with E-state index in [1.165, 1.54) is 19.3 Å². The lowest BCUT2D eigenvalue weighted by molar-refractivity contribution is 0.692. The standard InChI is InChI=1S/C10H19N3S/c1-4-5-6-7-14-10-9(11)8(2)12-13(10)3/h4-7,11H2,1-3H3. The van der Waals surface area contributed by atoms with Crippen LogP contribution in [-0.4, -0.2) is 15.5 Å². The van der Waals surface area contributed by atoms with Crippen molar-refractivity contribution in [1.29, 1.82) is 0 Å². The molecular weight excluding hydrogens is 194 g/mol. The topological polar surface area (TPSA) is 43.8 Å². The Morgan fingerprint density at radius 2 is 2.14 bits per heavy atom. The van der Waals surface area contributed by atoms with Crippen molar-refractivity contribution in [2.45, 2.75) is 38.1 Å². The number of anilines is 1. The highest BCUT2D eigenvalue weighted by atomic mass is 32.2. The maximum atomic E-state index is 5.91. The van der Waals surface area contributed by atoms with Crippen LogP contribution in [0.4, 0.5) is 5.69 Å². The molecule has 2 N–H and O–H groups in total. The summed E-state index contributed by atoms with van der Waals surface area (Å²) in [5.41, 5.74) is 7.69. The smallest absolute Gasteiger partial charge is 0.117 e. The third-order valence-electron chi connectivity index (χ3n) is 2.20. The van der Waals surface area contributed by atoms with E-state index in [0.29, 0.717) is 0 Å². The van der Waals surface area contributed by atoms with Crippen LogP contribution in [0.2, 0.25) is 0 Å². The van der Waals surface area contributed by atoms with E-state index in [1.807, 2.05) is 30.4 Å². The van der Waals surface area contributed by atoms with Gasteiger partial charge in [-0.15, -0.1) is 11.8 Å². The molecule has 0 radical (unpaired) electrons. The van der Waals surface area contributed by atoms with E-state index in [-0.39, 0.29) is 0 Å². The van der Waals surface area contributed by atoms with Crippen LogP contribution < -0.4 is 5.73 Å². The summed E-state index contributed by atoms with van der Waals surface area (Å²) in [6, 6.07) is 0. The van der Waals surface area contributed by atoms with Crippen molar-refractivity contribution in [2.75, 3.05) is 11.5 Å². The molecule has 80 valence electrons. The molecule has 0 aliphatic carbocycles. The lowest BCUT2D eigenvalue weighted by atomic mass is 10.3. The number of unbranched alkanes of at least 4 members (excludes halogenated alkanes) is 2. The number of nitrogen functional groups attached to an aromatic ring is 1. The zero-order chi connectivity index (χ0) is 10.6. The van der Waals surface area contributed by atoms with Crippen molar-refractivity contribution in [3.8, 4) is 0 Å². The molecule has 14 heavy (non-hydrogen) atoms. The molecule has 0 saturated heterocycles. The van der Waals surface area contributed by atoms with Gasteiger partial charge in [0.25, 0.3) is 0 Å². The molecule has 0 bridgehead atoms. The van der Waals surface area contributed by atoms with Crippen LogP contribution in [0.25, 0.3) is 0 Å². The number of nitrogens with two attached hydrogens (primary N) is 1. The molecule has 1 rings (SSSR count). The van der Waals surface area contributed by atoms with Gasteiger partial charge in [0.1, 0.15) is 5.03 Å². The minimum absolute atomic E-state index is 0.842. The monoisotopic (exact) mass is 213 g/mol. The zero-order valence-electron chi connectivity index (χ0n) is 9.21. The summed E-state index contributed by atoms with van der Waals surface area (Å²) >= 11 is 1.81. The second kappa shape index (κ2) is 5.29. The Bertz CT molecular complexity index is 294. The second-order valence-corrected chi connectivity index (χ2v) is 4.57. The maximum absolute atomic E-state index is 5.91. The number of aromatic nitrogens is 2. The quantitative estimate of drug-likeness (QED) is 0.604. The highest BCUT2D eigenvalue weighted by molar-refractivity contribution is 7.99. The van der Waals surface area contributed by atoms with E-state index >= 15 is 0 Å². The normalized spacial score (nSPS) is 10.8. The van der Waals surface area contributed by atoms with Gasteiger partial charge in [-0.05, 0) is 19.1 Å². The molecule has 0 aromatic carbocycles. The molecule has 1 aromatic heterocycles. The Hall–Kier alpha value is -0.640. The molecule has 3 nitrogen and oxygen atoms in total. The van der Waals surface area contributed by atoms with Crippen LogP contribution in [0.15, 0.2) is 5.03 Å². The molecule has 0 atom stereocenters. The summed E-state index contributed by atoms with van der Waals surface area (Å²) < 4.78 is 1.88. The third kappa shape index (κ3) is 2.67. The van der Waals surface area contributed by atoms with Crippen LogP contribution in [-0.2, 0) is 7.05 Å². The van der Waals surface area contributed by atoms with E-state index in [9.17, 15) is 0 Å². The van der Waals surface area contributed by atoms with Crippen molar-refractivity contribution >= 4 is 17.4 Å². The van der Waals surface area contributed by atoms with E-state index in [2.05, 4.69) is 12.0 Å². The zero-order valence-corrected chi connectivity index (χ0v) is 10.0. The van der Waals surface area contributed by atoms with Gasteiger partial charge in [0, 0.05) is 7.05 Å². The average molecular weight is 213 g/mol. The fraction of sp³-hybridized carbons (Fsp3) is 0.700. The first-order valence-electron chi connectivity index (χ1n) is 5.08. The number of thioether (sulfide) groups is 1. The van der Waals surface area contributed by atoms with Crippen molar-refractivity contribution < 1.29 is 0 Å². The molecular formula is C10H19N3S. The van der Waals surface area contributed by atoms with Gasteiger partial charge in [0.15, 0.2) is 0 Å². The van der Waals surface area contributed by atoms with Crippen LogP contribution in [0.5, 0.6) is 0 Å². The van der Waals surface area contributed by atoms with Crippen molar-refractivity contribution in [2.24, 2.45) is 7.05 Å². The predicted molar refractivity (Wildman–Crippen MR) is 62.6 cm³/mol. The lowest BCUT2D eigenvalue weighted by Gasteiger charge is -2.02. The SMILES string of the molecule is CCCCCSc1c(N)c(C)nn1C. The number of hydrogen-bond acceptors (Lipinski definition) is 3. The Labute approximate surface area is 90.1 Å². The van der Waals surface area contributed by atoms with Gasteiger partial charge in [-0.2, -0.15) is 5.10 Å². The molecule has 0 spiro atoms. The van der Waals surface area contributed by atoms with Gasteiger partial charge in [0.2, 0.25) is 0 Å². The number of rotatable bonds is 5. The van der Waals surface area contributed by atoms with Gasteiger partial charge in [-0.1, -0.05) is 19.8 Å². The number of aryl methyl sites for hydroxylation is 2. The highest BCUT2D eigenvalue weighted by Crippen LogP contribution is 2.27. The van der Waals surface area contributed by atoms with Crippen LogP contribution >= 0.6 is 11.8 Å². The van der Waals surface area contributed by atoms with Crippen molar-refractivity contribution in [1.82, 2.24) is 9.78 Å². The van der Waals surface area contributed by atoms with Gasteiger partial charge < -0.3 is 5.73 Å². The summed E-state index contributed by atoms with van der Waals surface area (Å²) in [6.45, 7) is 4.17. The van der Waals surface area contributed by atoms with Gasteiger partial charge in [-0.25, -0.2) is 0 Å². The minimum atomic E-state index is 0.842. The van der Waals surface area contributed by atoms with E-state index in [4.69, 9.17) is 5.73 Å². The molecule has 1 aromatic rings. The Kier molecular flexibility index (Phi) is 4.32. The van der Waals surface area contributed by atoms with Gasteiger partial charge in [-0.3, -0.25) is 4.68 Å². The van der Waals surface area contributed by atoms with E-state index in [1.54, 1.807) is 0 Å². The Morgan fingerprint density at radius 1 is 1.43 bits per heavy atom. The summed E-state index contributed by atoms with van der Waals surface area (Å²) in [4.78, 5) is 0. The molecule has 0 unspecified atom stereocenters. The predicted octanol–water partition coefficient (Wildman–Crippen LogP) is 2.59. The summed E-state index contributed by atoms with van der Waals surface area (Å²) in [6.07, 6.45) is 3.81. The van der Waals surface area contributed by atoms with Gasteiger partial charge in [0.05, 0.1) is 11.4 Å². The van der Waals surface area contributed by atoms with Crippen LogP contribution in [0.3, 0.4) is 0 Å². The molecule has 1 heterocycles. The van der Waals surface area contributed by atoms with Crippen molar-refractivity contribution in [3.63, 3.8) is 0 Å². The van der Waals surface area contributed by atoms with Crippen molar-refractivity contribution in [3.05, 3.63) is 5.69 Å². The molecule has 0 aliphatic rings. The first-order valence-corrected chi connectivity index (χ1v) is 6.07. The Balaban J connectivity index is 2.49. The molecule has 0 fully saturated rings. The third-order valence-corrected chi connectivity index (χ3v) is 3.45. The van der Waals surface area contributed by atoms with Crippen LogP contribution in [0, 0.1) is 6.92 Å². The number of hydrogen-bond donors (Lipinski definition) is 1. The first-order chi connectivity index (χ1) is 6.66. The van der Waals surface area contributed by atoms with E-state index in [0.717, 1.165) is 22.2 Å². The average Bonchev–Trinajstić information content (AvgIpc) is 2.38. The fourth-order valence-electron chi connectivity index (χ4n) is 1.35. The molecule has 0 saturated carbocycles. The number of nitrogens with zero attached hydrogens (tertiary/aromatic N) is 2. The summed E-state index contributed by atoms with van der Waals surface area (Å²) in [5, 5.41) is 5.39. The summed E-state index contributed by atoms with van der Waals surface area (Å²) in [7, 11) is 1.95. The minimum Gasteiger partial charge on any atom is -0.395 e. The van der Waals surface area contributed by atoms with Gasteiger partial charge >= 0.3 is 0 Å². The first kappa shape index (κ1) is 11.4. The molecule has 0 aliphatic heterocycles. The fourth-order valence-corrected chi connectivity index (χ4v) is 2.42. The highest BCUT2D eigenvalue weighted by Gasteiger charge is 2.09.